The molecule has 1 aliphatic rings. The average Bonchev–Trinajstić information content (AvgIpc) is 2.22. The zero-order valence-electron chi connectivity index (χ0n) is 8.39. The molecule has 3 N–H and O–H groups in total. The number of halogens is 1. The lowest BCUT2D eigenvalue weighted by Crippen LogP contribution is -2.30. The molecule has 1 aliphatic heterocycles. The van der Waals surface area contributed by atoms with Crippen LogP contribution in [0.3, 0.4) is 0 Å². The molecule has 0 amide bonds. The summed E-state index contributed by atoms with van der Waals surface area (Å²) in [5.74, 6) is 0.0967. The second-order valence-corrected chi connectivity index (χ2v) is 5.18. The van der Waals surface area contributed by atoms with Gasteiger partial charge in [0.25, 0.3) is 0 Å². The first-order valence-corrected chi connectivity index (χ1v) is 5.98. The van der Waals surface area contributed by atoms with Gasteiger partial charge in [-0.2, -0.15) is 0 Å². The van der Waals surface area contributed by atoms with Crippen LogP contribution in [0, 0.1) is 0 Å². The van der Waals surface area contributed by atoms with Crippen LogP contribution in [-0.4, -0.2) is 29.5 Å². The third kappa shape index (κ3) is 2.42. The first kappa shape index (κ1) is 11.6. The van der Waals surface area contributed by atoms with E-state index < -0.39 is 0 Å². The zero-order valence-corrected chi connectivity index (χ0v) is 9.96. The highest BCUT2D eigenvalue weighted by Gasteiger charge is 2.21. The summed E-state index contributed by atoms with van der Waals surface area (Å²) >= 11 is 7.56. The van der Waals surface area contributed by atoms with Crippen molar-refractivity contribution in [3.63, 3.8) is 0 Å². The minimum atomic E-state index is 0.0967. The number of nitrogens with two attached hydrogens (primary N) is 1. The highest BCUT2D eigenvalue weighted by Crippen LogP contribution is 2.32. The SMILES string of the molecule is NC(=NO)c1ccc(Cl)cc1SC1COC1. The third-order valence-corrected chi connectivity index (χ3v) is 3.66. The molecule has 1 fully saturated rings. The van der Waals surface area contributed by atoms with Gasteiger partial charge >= 0.3 is 0 Å². The molecule has 0 radical (unpaired) electrons. The molecule has 0 unspecified atom stereocenters. The normalized spacial score (nSPS) is 17.2. The van der Waals surface area contributed by atoms with Gasteiger partial charge in [-0.25, -0.2) is 0 Å². The number of hydrogen-bond acceptors (Lipinski definition) is 4. The molecule has 4 nitrogen and oxygen atoms in total. The predicted octanol–water partition coefficient (Wildman–Crippen LogP) is 1.93. The van der Waals surface area contributed by atoms with Gasteiger partial charge in [-0.1, -0.05) is 16.8 Å². The maximum Gasteiger partial charge on any atom is 0.171 e. The summed E-state index contributed by atoms with van der Waals surface area (Å²) in [5.41, 5.74) is 6.29. The van der Waals surface area contributed by atoms with E-state index in [-0.39, 0.29) is 5.84 Å². The van der Waals surface area contributed by atoms with Crippen molar-refractivity contribution in [3.05, 3.63) is 28.8 Å². The van der Waals surface area contributed by atoms with E-state index in [2.05, 4.69) is 5.16 Å². The molecule has 0 atom stereocenters. The Balaban J connectivity index is 2.28. The minimum absolute atomic E-state index is 0.0967. The monoisotopic (exact) mass is 258 g/mol. The van der Waals surface area contributed by atoms with Gasteiger partial charge in [0, 0.05) is 15.5 Å². The van der Waals surface area contributed by atoms with E-state index in [0.29, 0.717) is 15.8 Å². The van der Waals surface area contributed by atoms with E-state index in [1.54, 1.807) is 23.9 Å². The fraction of sp³-hybridized carbons (Fsp3) is 0.300. The molecular weight excluding hydrogens is 248 g/mol. The summed E-state index contributed by atoms with van der Waals surface area (Å²) in [6.07, 6.45) is 0. The number of hydrogen-bond donors (Lipinski definition) is 2. The van der Waals surface area contributed by atoms with Crippen molar-refractivity contribution in [3.8, 4) is 0 Å². The fourth-order valence-electron chi connectivity index (χ4n) is 1.32. The third-order valence-electron chi connectivity index (χ3n) is 2.23. The van der Waals surface area contributed by atoms with Crippen LogP contribution in [0.1, 0.15) is 5.56 Å². The molecular formula is C10H11ClN2O2S. The van der Waals surface area contributed by atoms with Crippen LogP contribution in [-0.2, 0) is 4.74 Å². The predicted molar refractivity (Wildman–Crippen MR) is 64.4 cm³/mol. The molecule has 0 saturated carbocycles. The van der Waals surface area contributed by atoms with E-state index >= 15 is 0 Å². The van der Waals surface area contributed by atoms with E-state index in [1.807, 2.05) is 6.07 Å². The van der Waals surface area contributed by atoms with Gasteiger partial charge in [-0.15, -0.1) is 11.8 Å². The lowest BCUT2D eigenvalue weighted by Gasteiger charge is -2.26. The lowest BCUT2D eigenvalue weighted by molar-refractivity contribution is 0.0455. The Morgan fingerprint density at radius 1 is 1.56 bits per heavy atom. The number of rotatable bonds is 3. The molecule has 86 valence electrons. The van der Waals surface area contributed by atoms with Crippen LogP contribution in [0.5, 0.6) is 0 Å². The maximum atomic E-state index is 8.68. The Morgan fingerprint density at radius 3 is 2.88 bits per heavy atom. The van der Waals surface area contributed by atoms with Crippen LogP contribution in [0.25, 0.3) is 0 Å². The van der Waals surface area contributed by atoms with Gasteiger partial charge in [0.1, 0.15) is 0 Å². The van der Waals surface area contributed by atoms with Crippen LogP contribution < -0.4 is 5.73 Å². The molecule has 0 aliphatic carbocycles. The van der Waals surface area contributed by atoms with Crippen molar-refractivity contribution in [2.75, 3.05) is 13.2 Å². The highest BCUT2D eigenvalue weighted by atomic mass is 35.5. The molecule has 6 heteroatoms. The summed E-state index contributed by atoms with van der Waals surface area (Å²) in [7, 11) is 0. The van der Waals surface area contributed by atoms with E-state index in [1.165, 1.54) is 0 Å². The largest absolute Gasteiger partial charge is 0.409 e. The van der Waals surface area contributed by atoms with Crippen LogP contribution in [0.2, 0.25) is 5.02 Å². The number of benzene rings is 1. The Labute approximate surface area is 102 Å². The summed E-state index contributed by atoms with van der Waals surface area (Å²) in [5, 5.41) is 12.7. The average molecular weight is 259 g/mol. The molecule has 1 aromatic rings. The number of amidine groups is 1. The molecule has 2 rings (SSSR count). The topological polar surface area (TPSA) is 67.8 Å². The van der Waals surface area contributed by atoms with Crippen molar-refractivity contribution in [1.82, 2.24) is 0 Å². The van der Waals surface area contributed by atoms with Crippen molar-refractivity contribution in [1.29, 1.82) is 0 Å². The van der Waals surface area contributed by atoms with Crippen LogP contribution >= 0.6 is 23.4 Å². The summed E-state index contributed by atoms with van der Waals surface area (Å²) in [4.78, 5) is 0.913. The summed E-state index contributed by atoms with van der Waals surface area (Å²) in [6.45, 7) is 1.46. The van der Waals surface area contributed by atoms with Crippen molar-refractivity contribution in [2.45, 2.75) is 10.1 Å². The van der Waals surface area contributed by atoms with Gasteiger partial charge in [0.2, 0.25) is 0 Å². The molecule has 1 heterocycles. The number of nitrogens with zero attached hydrogens (tertiary/aromatic N) is 1. The quantitative estimate of drug-likeness (QED) is 0.376. The van der Waals surface area contributed by atoms with Crippen molar-refractivity contribution >= 4 is 29.2 Å². The van der Waals surface area contributed by atoms with Gasteiger partial charge in [-0.3, -0.25) is 0 Å². The van der Waals surface area contributed by atoms with Gasteiger partial charge in [0.05, 0.1) is 18.5 Å². The van der Waals surface area contributed by atoms with Crippen molar-refractivity contribution < 1.29 is 9.94 Å². The van der Waals surface area contributed by atoms with Gasteiger partial charge < -0.3 is 15.7 Å². The van der Waals surface area contributed by atoms with E-state index in [0.717, 1.165) is 18.1 Å². The molecule has 1 aromatic carbocycles. The molecule has 0 bridgehead atoms. The second-order valence-electron chi connectivity index (χ2n) is 3.40. The molecule has 16 heavy (non-hydrogen) atoms. The van der Waals surface area contributed by atoms with Gasteiger partial charge in [0.15, 0.2) is 5.84 Å². The Kier molecular flexibility index (Phi) is 3.58. The highest BCUT2D eigenvalue weighted by molar-refractivity contribution is 8.00. The first-order chi connectivity index (χ1) is 7.70. The lowest BCUT2D eigenvalue weighted by atomic mass is 10.2. The zero-order chi connectivity index (χ0) is 11.5. The summed E-state index contributed by atoms with van der Waals surface area (Å²) in [6, 6.07) is 5.29. The molecule has 0 spiro atoms. The number of ether oxygens (including phenoxy) is 1. The Morgan fingerprint density at radius 2 is 2.31 bits per heavy atom. The summed E-state index contributed by atoms with van der Waals surface area (Å²) < 4.78 is 5.10. The first-order valence-electron chi connectivity index (χ1n) is 4.72. The van der Waals surface area contributed by atoms with Crippen LogP contribution in [0.4, 0.5) is 0 Å². The Hall–Kier alpha value is -0.910. The smallest absolute Gasteiger partial charge is 0.171 e. The number of oxime groups is 1. The molecule has 1 saturated heterocycles. The Bertz CT molecular complexity index is 421. The van der Waals surface area contributed by atoms with Crippen LogP contribution in [0.15, 0.2) is 28.3 Å². The second kappa shape index (κ2) is 4.95. The fourth-order valence-corrected chi connectivity index (χ4v) is 2.74. The maximum absolute atomic E-state index is 8.68. The molecule has 0 aromatic heterocycles. The van der Waals surface area contributed by atoms with Gasteiger partial charge in [-0.05, 0) is 18.2 Å². The van der Waals surface area contributed by atoms with E-state index in [9.17, 15) is 0 Å². The standard InChI is InChI=1S/C10H11ClN2O2S/c11-6-1-2-8(10(12)13-14)9(3-6)16-7-4-15-5-7/h1-3,7,14H,4-5H2,(H2,12,13). The van der Waals surface area contributed by atoms with E-state index in [4.69, 9.17) is 27.3 Å². The van der Waals surface area contributed by atoms with Crippen molar-refractivity contribution in [2.24, 2.45) is 10.9 Å². The minimum Gasteiger partial charge on any atom is -0.409 e. The number of thioether (sulfide) groups is 1.